The molecular formula is C22H28N4O4. The molecule has 0 aromatic heterocycles. The molecule has 8 nitrogen and oxygen atoms in total. The number of carbonyl (C=O) groups is 1. The summed E-state index contributed by atoms with van der Waals surface area (Å²) in [5.74, 6) is 1.14. The molecule has 0 unspecified atom stereocenters. The average Bonchev–Trinajstić information content (AvgIpc) is 2.79. The topological polar surface area (TPSA) is 86.6 Å². The van der Waals surface area contributed by atoms with E-state index in [9.17, 15) is 9.90 Å². The lowest BCUT2D eigenvalue weighted by molar-refractivity contribution is 0.0597. The summed E-state index contributed by atoms with van der Waals surface area (Å²) >= 11 is 0. The Balaban J connectivity index is 1.61. The number of esters is 1. The lowest BCUT2D eigenvalue weighted by Crippen LogP contribution is -2.52. The largest absolute Gasteiger partial charge is 0.506 e. The van der Waals surface area contributed by atoms with Crippen LogP contribution in [0.4, 0.5) is 5.69 Å². The third-order valence-electron chi connectivity index (χ3n) is 5.13. The van der Waals surface area contributed by atoms with E-state index in [1.807, 2.05) is 24.3 Å². The van der Waals surface area contributed by atoms with Crippen LogP contribution in [0.15, 0.2) is 47.5 Å². The molecule has 1 fully saturated rings. The van der Waals surface area contributed by atoms with E-state index in [1.54, 1.807) is 25.2 Å². The molecule has 8 heteroatoms. The zero-order valence-electron chi connectivity index (χ0n) is 17.6. The SMILES string of the molecule is CN=C(NCc1ccc(OC)c(C(=O)OC)c1)N1CCN(c2ccccc2O)CC1. The number of aromatic hydroxyl groups is 1. The van der Waals surface area contributed by atoms with Crippen molar-refractivity contribution in [1.29, 1.82) is 0 Å². The summed E-state index contributed by atoms with van der Waals surface area (Å²) in [5, 5.41) is 13.4. The number of anilines is 1. The van der Waals surface area contributed by atoms with E-state index >= 15 is 0 Å². The van der Waals surface area contributed by atoms with Gasteiger partial charge in [-0.1, -0.05) is 18.2 Å². The number of piperazine rings is 1. The second kappa shape index (κ2) is 9.87. The lowest BCUT2D eigenvalue weighted by Gasteiger charge is -2.37. The Bertz CT molecular complexity index is 908. The third kappa shape index (κ3) is 4.76. The predicted molar refractivity (Wildman–Crippen MR) is 116 cm³/mol. The van der Waals surface area contributed by atoms with Gasteiger partial charge < -0.3 is 29.7 Å². The molecule has 0 radical (unpaired) electrons. The minimum atomic E-state index is -0.432. The van der Waals surface area contributed by atoms with Crippen LogP contribution in [0.3, 0.4) is 0 Å². The number of benzene rings is 2. The van der Waals surface area contributed by atoms with Crippen LogP contribution in [-0.4, -0.2) is 69.4 Å². The number of carbonyl (C=O) groups excluding carboxylic acids is 1. The number of para-hydroxylation sites is 2. The molecule has 0 bridgehead atoms. The minimum absolute atomic E-state index is 0.300. The number of phenols is 1. The number of nitrogens with one attached hydrogen (secondary N) is 1. The van der Waals surface area contributed by atoms with Crippen molar-refractivity contribution in [2.75, 3.05) is 52.3 Å². The number of rotatable bonds is 5. The molecule has 160 valence electrons. The monoisotopic (exact) mass is 412 g/mol. The van der Waals surface area contributed by atoms with Crippen LogP contribution in [0.2, 0.25) is 0 Å². The smallest absolute Gasteiger partial charge is 0.341 e. The van der Waals surface area contributed by atoms with Crippen molar-refractivity contribution in [1.82, 2.24) is 10.2 Å². The summed E-state index contributed by atoms with van der Waals surface area (Å²) in [6, 6.07) is 12.8. The second-order valence-electron chi connectivity index (χ2n) is 6.89. The summed E-state index contributed by atoms with van der Waals surface area (Å²) in [6.45, 7) is 3.65. The van der Waals surface area contributed by atoms with Gasteiger partial charge in [-0.05, 0) is 29.8 Å². The first kappa shape index (κ1) is 21.3. The number of ether oxygens (including phenoxy) is 2. The Labute approximate surface area is 176 Å². The van der Waals surface area contributed by atoms with Crippen molar-refractivity contribution in [3.63, 3.8) is 0 Å². The van der Waals surface area contributed by atoms with Crippen molar-refractivity contribution in [2.24, 2.45) is 4.99 Å². The Morgan fingerprint density at radius 1 is 1.13 bits per heavy atom. The maximum atomic E-state index is 12.0. The summed E-state index contributed by atoms with van der Waals surface area (Å²) in [5.41, 5.74) is 2.17. The fourth-order valence-electron chi connectivity index (χ4n) is 3.54. The molecule has 1 aliphatic heterocycles. The Kier molecular flexibility index (Phi) is 7.00. The van der Waals surface area contributed by atoms with E-state index < -0.39 is 5.97 Å². The van der Waals surface area contributed by atoms with Crippen LogP contribution in [0.5, 0.6) is 11.5 Å². The van der Waals surface area contributed by atoms with Crippen molar-refractivity contribution in [2.45, 2.75) is 6.54 Å². The first-order valence-corrected chi connectivity index (χ1v) is 9.81. The third-order valence-corrected chi connectivity index (χ3v) is 5.13. The van der Waals surface area contributed by atoms with Gasteiger partial charge >= 0.3 is 5.97 Å². The van der Waals surface area contributed by atoms with E-state index in [2.05, 4.69) is 20.1 Å². The highest BCUT2D eigenvalue weighted by Gasteiger charge is 2.21. The van der Waals surface area contributed by atoms with Crippen LogP contribution < -0.4 is 15.0 Å². The zero-order valence-corrected chi connectivity index (χ0v) is 17.6. The molecule has 0 atom stereocenters. The Hall–Kier alpha value is -3.42. The van der Waals surface area contributed by atoms with Crippen molar-refractivity contribution in [3.8, 4) is 11.5 Å². The highest BCUT2D eigenvalue weighted by molar-refractivity contribution is 5.92. The normalized spacial score (nSPS) is 14.4. The van der Waals surface area contributed by atoms with Crippen LogP contribution in [0, 0.1) is 0 Å². The molecule has 30 heavy (non-hydrogen) atoms. The van der Waals surface area contributed by atoms with Crippen molar-refractivity contribution >= 4 is 17.6 Å². The first-order chi connectivity index (χ1) is 14.6. The van der Waals surface area contributed by atoms with Crippen LogP contribution in [0.1, 0.15) is 15.9 Å². The van der Waals surface area contributed by atoms with E-state index in [4.69, 9.17) is 9.47 Å². The van der Waals surface area contributed by atoms with E-state index in [-0.39, 0.29) is 0 Å². The van der Waals surface area contributed by atoms with Crippen molar-refractivity contribution < 1.29 is 19.4 Å². The predicted octanol–water partition coefficient (Wildman–Crippen LogP) is 2.08. The molecular weight excluding hydrogens is 384 g/mol. The summed E-state index contributed by atoms with van der Waals surface area (Å²) < 4.78 is 10.1. The molecule has 3 rings (SSSR count). The van der Waals surface area contributed by atoms with Gasteiger partial charge in [-0.25, -0.2) is 4.79 Å². The number of phenolic OH excluding ortho intramolecular Hbond substituents is 1. The molecule has 2 aromatic rings. The maximum absolute atomic E-state index is 12.0. The fourth-order valence-corrected chi connectivity index (χ4v) is 3.54. The summed E-state index contributed by atoms with van der Waals surface area (Å²) in [6.07, 6.45) is 0. The average molecular weight is 412 g/mol. The van der Waals surface area contributed by atoms with Crippen molar-refractivity contribution in [3.05, 3.63) is 53.6 Å². The van der Waals surface area contributed by atoms with E-state index in [0.29, 0.717) is 23.6 Å². The number of nitrogens with zero attached hydrogens (tertiary/aromatic N) is 3. The zero-order chi connectivity index (χ0) is 21.5. The molecule has 0 saturated carbocycles. The highest BCUT2D eigenvalue weighted by Crippen LogP contribution is 2.27. The molecule has 1 saturated heterocycles. The maximum Gasteiger partial charge on any atom is 0.341 e. The molecule has 0 amide bonds. The van der Waals surface area contributed by atoms with Gasteiger partial charge in [0.2, 0.25) is 0 Å². The quantitative estimate of drug-likeness (QED) is 0.442. The van der Waals surface area contributed by atoms with Gasteiger partial charge in [-0.15, -0.1) is 0 Å². The van der Waals surface area contributed by atoms with Gasteiger partial charge in [0.15, 0.2) is 5.96 Å². The first-order valence-electron chi connectivity index (χ1n) is 9.81. The Morgan fingerprint density at radius 2 is 1.87 bits per heavy atom. The minimum Gasteiger partial charge on any atom is -0.506 e. The standard InChI is InChI=1S/C22H28N4O4/c1-23-22(24-15-16-8-9-20(29-2)17(14-16)21(28)30-3)26-12-10-25(11-13-26)18-6-4-5-7-19(18)27/h4-9,14,27H,10-13,15H2,1-3H3,(H,23,24). The number of guanidine groups is 1. The van der Waals surface area contributed by atoms with Gasteiger partial charge in [0.25, 0.3) is 0 Å². The van der Waals surface area contributed by atoms with Crippen LogP contribution in [0.25, 0.3) is 0 Å². The van der Waals surface area contributed by atoms with Crippen LogP contribution >= 0.6 is 0 Å². The van der Waals surface area contributed by atoms with E-state index in [1.165, 1.54) is 14.2 Å². The molecule has 2 N–H and O–H groups in total. The van der Waals surface area contributed by atoms with E-state index in [0.717, 1.165) is 43.4 Å². The lowest BCUT2D eigenvalue weighted by atomic mass is 10.1. The molecule has 0 spiro atoms. The number of methoxy groups -OCH3 is 2. The fraction of sp³-hybridized carbons (Fsp3) is 0.364. The highest BCUT2D eigenvalue weighted by atomic mass is 16.5. The van der Waals surface area contributed by atoms with Gasteiger partial charge in [-0.2, -0.15) is 0 Å². The summed E-state index contributed by atoms with van der Waals surface area (Å²) in [7, 11) is 4.63. The van der Waals surface area contributed by atoms with Gasteiger partial charge in [0, 0.05) is 39.8 Å². The second-order valence-corrected chi connectivity index (χ2v) is 6.89. The molecule has 0 aliphatic carbocycles. The van der Waals surface area contributed by atoms with Gasteiger partial charge in [0.05, 0.1) is 19.9 Å². The number of hydrogen-bond donors (Lipinski definition) is 2. The van der Waals surface area contributed by atoms with Crippen LogP contribution in [-0.2, 0) is 11.3 Å². The molecule has 2 aromatic carbocycles. The summed E-state index contributed by atoms with van der Waals surface area (Å²) in [4.78, 5) is 20.7. The number of hydrogen-bond acceptors (Lipinski definition) is 6. The Morgan fingerprint density at radius 3 is 2.50 bits per heavy atom. The van der Waals surface area contributed by atoms with Gasteiger partial charge in [-0.3, -0.25) is 4.99 Å². The van der Waals surface area contributed by atoms with Gasteiger partial charge in [0.1, 0.15) is 17.1 Å². The molecule has 1 heterocycles. The number of aliphatic imine (C=N–C) groups is 1. The molecule has 1 aliphatic rings.